The van der Waals surface area contributed by atoms with Gasteiger partial charge in [-0.2, -0.15) is 0 Å². The number of hydrogen-bond donors (Lipinski definition) is 3. The number of aromatic nitrogens is 1. The quantitative estimate of drug-likeness (QED) is 0.735. The van der Waals surface area contributed by atoms with Crippen molar-refractivity contribution in [2.45, 2.75) is 19.8 Å². The molecule has 116 valence electrons. The number of H-pyrrole nitrogens is 1. The molecular weight excluding hydrogens is 270 g/mol. The van der Waals surface area contributed by atoms with Gasteiger partial charge in [0.1, 0.15) is 0 Å². The highest BCUT2D eigenvalue weighted by Gasteiger charge is 2.32. The number of carbonyl (C=O) groups excluding carboxylic acids is 1. The summed E-state index contributed by atoms with van der Waals surface area (Å²) in [6.07, 6.45) is 3.43. The van der Waals surface area contributed by atoms with Gasteiger partial charge in [0, 0.05) is 31.3 Å². The van der Waals surface area contributed by atoms with Crippen molar-refractivity contribution in [2.24, 2.45) is 5.41 Å². The van der Waals surface area contributed by atoms with Gasteiger partial charge in [0.05, 0.1) is 12.2 Å². The van der Waals surface area contributed by atoms with Crippen LogP contribution in [0.5, 0.6) is 0 Å². The Balaban J connectivity index is 2.03. The molecule has 1 amide bonds. The van der Waals surface area contributed by atoms with E-state index in [4.69, 9.17) is 4.74 Å². The van der Waals surface area contributed by atoms with E-state index in [2.05, 4.69) is 15.6 Å². The molecule has 0 unspecified atom stereocenters. The lowest BCUT2D eigenvalue weighted by atomic mass is 9.79. The largest absolute Gasteiger partial charge is 0.384 e. The highest BCUT2D eigenvalue weighted by Crippen LogP contribution is 2.28. The lowest BCUT2D eigenvalue weighted by molar-refractivity contribution is 0.0511. The Hall–Kier alpha value is -1.66. The van der Waals surface area contributed by atoms with Crippen molar-refractivity contribution < 1.29 is 9.53 Å². The number of aryl methyl sites for hydroxylation is 1. The molecule has 1 aliphatic heterocycles. The first-order valence-corrected chi connectivity index (χ1v) is 7.23. The maximum absolute atomic E-state index is 12.3. The van der Waals surface area contributed by atoms with Crippen LogP contribution in [0.1, 0.15) is 28.8 Å². The van der Waals surface area contributed by atoms with Gasteiger partial charge >= 0.3 is 0 Å². The van der Waals surface area contributed by atoms with E-state index in [-0.39, 0.29) is 16.9 Å². The molecule has 21 heavy (non-hydrogen) atoms. The predicted octanol–water partition coefficient (Wildman–Crippen LogP) is 0.429. The molecule has 2 rings (SSSR count). The minimum atomic E-state index is -0.196. The van der Waals surface area contributed by atoms with E-state index in [1.807, 2.05) is 0 Å². The van der Waals surface area contributed by atoms with Gasteiger partial charge in [-0.05, 0) is 38.4 Å². The Morgan fingerprint density at radius 1 is 1.43 bits per heavy atom. The molecule has 1 fully saturated rings. The van der Waals surface area contributed by atoms with Crippen LogP contribution in [-0.2, 0) is 4.74 Å². The fourth-order valence-electron chi connectivity index (χ4n) is 2.82. The van der Waals surface area contributed by atoms with Gasteiger partial charge in [-0.25, -0.2) is 0 Å². The number of amides is 1. The summed E-state index contributed by atoms with van der Waals surface area (Å²) in [6.45, 7) is 4.87. The average molecular weight is 293 g/mol. The number of aromatic amines is 1. The van der Waals surface area contributed by atoms with Gasteiger partial charge in [0.15, 0.2) is 0 Å². The molecule has 0 bridgehead atoms. The smallest absolute Gasteiger partial charge is 0.253 e. The second kappa shape index (κ2) is 6.87. The molecule has 0 saturated carbocycles. The lowest BCUT2D eigenvalue weighted by Crippen LogP contribution is -2.47. The third-order valence-electron chi connectivity index (χ3n) is 4.11. The van der Waals surface area contributed by atoms with E-state index in [1.54, 1.807) is 14.0 Å². The molecule has 0 spiro atoms. The van der Waals surface area contributed by atoms with Gasteiger partial charge in [-0.3, -0.25) is 9.59 Å². The maximum Gasteiger partial charge on any atom is 0.253 e. The topological polar surface area (TPSA) is 83.2 Å². The summed E-state index contributed by atoms with van der Waals surface area (Å²) >= 11 is 0. The molecule has 0 aliphatic carbocycles. The fourth-order valence-corrected chi connectivity index (χ4v) is 2.82. The molecule has 1 aliphatic rings. The highest BCUT2D eigenvalue weighted by atomic mass is 16.5. The Morgan fingerprint density at radius 3 is 2.76 bits per heavy atom. The van der Waals surface area contributed by atoms with Crippen LogP contribution in [0.4, 0.5) is 0 Å². The Kier molecular flexibility index (Phi) is 5.14. The van der Waals surface area contributed by atoms with Crippen LogP contribution >= 0.6 is 0 Å². The molecule has 1 aromatic rings. The number of hydrogen-bond acceptors (Lipinski definition) is 4. The van der Waals surface area contributed by atoms with E-state index in [0.29, 0.717) is 24.3 Å². The first-order valence-electron chi connectivity index (χ1n) is 7.23. The summed E-state index contributed by atoms with van der Waals surface area (Å²) in [6, 6.07) is 1.43. The zero-order valence-electron chi connectivity index (χ0n) is 12.6. The number of ether oxygens (including phenoxy) is 1. The fraction of sp³-hybridized carbons (Fsp3) is 0.600. The van der Waals surface area contributed by atoms with Crippen LogP contribution in [0.25, 0.3) is 0 Å². The van der Waals surface area contributed by atoms with E-state index in [0.717, 1.165) is 25.9 Å². The van der Waals surface area contributed by atoms with Crippen molar-refractivity contribution in [3.63, 3.8) is 0 Å². The standard InChI is InChI=1S/C15H23N3O3/c1-11-7-13(19)17-8-12(11)14(20)18-9-15(10-21-2)3-5-16-6-4-15/h7-8,16H,3-6,9-10H2,1-2H3,(H,17,19)(H,18,20). The summed E-state index contributed by atoms with van der Waals surface area (Å²) in [4.78, 5) is 26.0. The van der Waals surface area contributed by atoms with Crippen molar-refractivity contribution in [3.8, 4) is 0 Å². The van der Waals surface area contributed by atoms with E-state index < -0.39 is 0 Å². The Bertz CT molecular complexity index is 542. The van der Waals surface area contributed by atoms with Gasteiger partial charge < -0.3 is 20.4 Å². The number of nitrogens with one attached hydrogen (secondary N) is 3. The molecule has 6 nitrogen and oxygen atoms in total. The Morgan fingerprint density at radius 2 is 2.14 bits per heavy atom. The minimum absolute atomic E-state index is 0.00818. The van der Waals surface area contributed by atoms with Gasteiger partial charge in [0.25, 0.3) is 5.91 Å². The maximum atomic E-state index is 12.3. The normalized spacial score (nSPS) is 17.4. The number of carbonyl (C=O) groups is 1. The number of rotatable bonds is 5. The summed E-state index contributed by atoms with van der Waals surface area (Å²) in [7, 11) is 1.69. The molecule has 3 N–H and O–H groups in total. The summed E-state index contributed by atoms with van der Waals surface area (Å²) in [5.41, 5.74) is 0.989. The molecule has 0 aromatic carbocycles. The Labute approximate surface area is 124 Å². The first-order chi connectivity index (χ1) is 10.1. The van der Waals surface area contributed by atoms with Crippen molar-refractivity contribution in [2.75, 3.05) is 33.4 Å². The highest BCUT2D eigenvalue weighted by molar-refractivity contribution is 5.95. The van der Waals surface area contributed by atoms with Gasteiger partial charge in [-0.1, -0.05) is 0 Å². The summed E-state index contributed by atoms with van der Waals surface area (Å²) in [5, 5.41) is 6.31. The summed E-state index contributed by atoms with van der Waals surface area (Å²) in [5.74, 6) is -0.155. The van der Waals surface area contributed by atoms with Crippen LogP contribution in [0, 0.1) is 12.3 Å². The zero-order chi connectivity index (χ0) is 15.3. The third-order valence-corrected chi connectivity index (χ3v) is 4.11. The van der Waals surface area contributed by atoms with E-state index in [9.17, 15) is 9.59 Å². The minimum Gasteiger partial charge on any atom is -0.384 e. The van der Waals surface area contributed by atoms with Gasteiger partial charge in [-0.15, -0.1) is 0 Å². The zero-order valence-corrected chi connectivity index (χ0v) is 12.6. The van der Waals surface area contributed by atoms with Crippen molar-refractivity contribution in [1.29, 1.82) is 0 Å². The van der Waals surface area contributed by atoms with Crippen LogP contribution in [0.3, 0.4) is 0 Å². The van der Waals surface area contributed by atoms with Crippen molar-refractivity contribution in [3.05, 3.63) is 33.7 Å². The lowest BCUT2D eigenvalue weighted by Gasteiger charge is -2.37. The monoisotopic (exact) mass is 293 g/mol. The third kappa shape index (κ3) is 3.92. The second-order valence-corrected chi connectivity index (χ2v) is 5.76. The molecule has 0 radical (unpaired) electrons. The molecule has 1 saturated heterocycles. The summed E-state index contributed by atoms with van der Waals surface area (Å²) < 4.78 is 5.34. The van der Waals surface area contributed by atoms with E-state index in [1.165, 1.54) is 12.3 Å². The van der Waals surface area contributed by atoms with Crippen LogP contribution in [-0.4, -0.2) is 44.2 Å². The number of pyridine rings is 1. The molecule has 6 heteroatoms. The predicted molar refractivity (Wildman–Crippen MR) is 80.5 cm³/mol. The second-order valence-electron chi connectivity index (χ2n) is 5.76. The average Bonchev–Trinajstić information content (AvgIpc) is 2.46. The van der Waals surface area contributed by atoms with Crippen LogP contribution in [0.15, 0.2) is 17.1 Å². The number of piperidine rings is 1. The molecule has 0 atom stereocenters. The first kappa shape index (κ1) is 15.7. The molecular formula is C15H23N3O3. The van der Waals surface area contributed by atoms with Crippen LogP contribution in [0.2, 0.25) is 0 Å². The van der Waals surface area contributed by atoms with Crippen molar-refractivity contribution >= 4 is 5.91 Å². The van der Waals surface area contributed by atoms with Crippen molar-refractivity contribution in [1.82, 2.24) is 15.6 Å². The van der Waals surface area contributed by atoms with Gasteiger partial charge in [0.2, 0.25) is 5.56 Å². The molecule has 1 aromatic heterocycles. The number of methoxy groups -OCH3 is 1. The van der Waals surface area contributed by atoms with E-state index >= 15 is 0 Å². The van der Waals surface area contributed by atoms with Crippen LogP contribution < -0.4 is 16.2 Å². The SMILES string of the molecule is COCC1(CNC(=O)c2c[nH]c(=O)cc2C)CCNCC1. The molecule has 2 heterocycles.